The molecule has 0 aliphatic rings. The second kappa shape index (κ2) is 6.21. The third-order valence-corrected chi connectivity index (χ3v) is 3.61. The number of nitrogens with zero attached hydrogens (tertiary/aromatic N) is 1. The van der Waals surface area contributed by atoms with E-state index in [0.717, 1.165) is 13.1 Å². The molecule has 0 atom stereocenters. The molecule has 2 aromatic rings. The number of hydrogen-bond acceptors (Lipinski definition) is 1. The lowest BCUT2D eigenvalue weighted by atomic mass is 10.2. The van der Waals surface area contributed by atoms with Crippen molar-refractivity contribution in [2.45, 2.75) is 33.0 Å². The molecule has 1 heterocycles. The molecule has 0 amide bonds. The van der Waals surface area contributed by atoms with Gasteiger partial charge in [-0.25, -0.2) is 0 Å². The van der Waals surface area contributed by atoms with E-state index in [2.05, 4.69) is 76.3 Å². The number of nitrogens with one attached hydrogen (secondary N) is 1. The van der Waals surface area contributed by atoms with E-state index in [1.165, 1.54) is 15.6 Å². The lowest BCUT2D eigenvalue weighted by Crippen LogP contribution is -2.21. The molecule has 0 aliphatic carbocycles. The molecule has 0 unspecified atom stereocenters. The van der Waals surface area contributed by atoms with Crippen molar-refractivity contribution in [1.29, 1.82) is 0 Å². The maximum atomic E-state index is 3.58. The maximum Gasteiger partial charge on any atom is 0.0481 e. The fraction of sp³-hybridized carbons (Fsp3) is 0.333. The molecule has 0 saturated heterocycles. The summed E-state index contributed by atoms with van der Waals surface area (Å²) in [5.74, 6) is 0. The number of rotatable bonds is 5. The molecule has 0 fully saturated rings. The fourth-order valence-corrected chi connectivity index (χ4v) is 2.25. The zero-order chi connectivity index (χ0) is 13.0. The van der Waals surface area contributed by atoms with E-state index in [1.54, 1.807) is 0 Å². The monoisotopic (exact) mass is 306 g/mol. The lowest BCUT2D eigenvalue weighted by Gasteiger charge is -2.07. The summed E-state index contributed by atoms with van der Waals surface area (Å²) in [6, 6.07) is 11.0. The molecule has 18 heavy (non-hydrogen) atoms. The minimum absolute atomic E-state index is 0.525. The van der Waals surface area contributed by atoms with Crippen LogP contribution >= 0.6 is 15.9 Å². The van der Waals surface area contributed by atoms with E-state index >= 15 is 0 Å². The summed E-state index contributed by atoms with van der Waals surface area (Å²) >= 11 is 3.58. The first-order valence-electron chi connectivity index (χ1n) is 6.26. The first-order chi connectivity index (χ1) is 8.65. The van der Waals surface area contributed by atoms with Crippen molar-refractivity contribution < 1.29 is 0 Å². The molecule has 2 rings (SSSR count). The molecule has 1 aromatic heterocycles. The van der Waals surface area contributed by atoms with Gasteiger partial charge < -0.3 is 9.88 Å². The van der Waals surface area contributed by atoms with Crippen molar-refractivity contribution in [3.05, 3.63) is 58.3 Å². The normalized spacial score (nSPS) is 11.1. The van der Waals surface area contributed by atoms with Gasteiger partial charge in [0.1, 0.15) is 0 Å². The van der Waals surface area contributed by atoms with E-state index < -0.39 is 0 Å². The van der Waals surface area contributed by atoms with Crippen LogP contribution in [0.1, 0.15) is 25.0 Å². The van der Waals surface area contributed by atoms with E-state index in [9.17, 15) is 0 Å². The Bertz CT molecular complexity index is 503. The molecule has 1 N–H and O–H groups in total. The molecule has 96 valence electrons. The van der Waals surface area contributed by atoms with Gasteiger partial charge in [-0.1, -0.05) is 48.0 Å². The average molecular weight is 307 g/mol. The highest BCUT2D eigenvalue weighted by molar-refractivity contribution is 9.10. The van der Waals surface area contributed by atoms with Crippen LogP contribution in [0.25, 0.3) is 0 Å². The third-order valence-electron chi connectivity index (χ3n) is 2.84. The molecular formula is C15H19BrN2. The minimum atomic E-state index is 0.525. The molecule has 0 aliphatic heterocycles. The van der Waals surface area contributed by atoms with Crippen LogP contribution in [0, 0.1) is 0 Å². The van der Waals surface area contributed by atoms with Crippen LogP contribution in [0.4, 0.5) is 0 Å². The van der Waals surface area contributed by atoms with Crippen molar-refractivity contribution in [2.24, 2.45) is 0 Å². The smallest absolute Gasteiger partial charge is 0.0481 e. The summed E-state index contributed by atoms with van der Waals surface area (Å²) < 4.78 is 3.39. The standard InChI is InChI=1S/C15H19BrN2/c1-12(2)17-9-13-7-8-18(10-13)11-14-5-3-4-6-15(14)16/h3-8,10,12,17H,9,11H2,1-2H3. The summed E-state index contributed by atoms with van der Waals surface area (Å²) in [7, 11) is 0. The molecule has 2 nitrogen and oxygen atoms in total. The zero-order valence-electron chi connectivity index (χ0n) is 10.9. The van der Waals surface area contributed by atoms with Crippen LogP contribution in [-0.4, -0.2) is 10.6 Å². The van der Waals surface area contributed by atoms with E-state index in [0.29, 0.717) is 6.04 Å². The quantitative estimate of drug-likeness (QED) is 0.889. The van der Waals surface area contributed by atoms with Gasteiger partial charge in [0.2, 0.25) is 0 Å². The summed E-state index contributed by atoms with van der Waals surface area (Å²) in [5.41, 5.74) is 2.63. The van der Waals surface area contributed by atoms with Gasteiger partial charge in [0.05, 0.1) is 0 Å². The molecule has 0 spiro atoms. The predicted octanol–water partition coefficient (Wildman–Crippen LogP) is 3.80. The van der Waals surface area contributed by atoms with Crippen LogP contribution in [0.5, 0.6) is 0 Å². The Morgan fingerprint density at radius 2 is 2.00 bits per heavy atom. The van der Waals surface area contributed by atoms with Crippen molar-refractivity contribution in [3.8, 4) is 0 Å². The third kappa shape index (κ3) is 3.72. The maximum absolute atomic E-state index is 3.58. The number of halogens is 1. The van der Waals surface area contributed by atoms with Gasteiger partial charge in [0.25, 0.3) is 0 Å². The van der Waals surface area contributed by atoms with Crippen LogP contribution in [0.15, 0.2) is 47.2 Å². The van der Waals surface area contributed by atoms with E-state index in [-0.39, 0.29) is 0 Å². The summed E-state index contributed by atoms with van der Waals surface area (Å²) in [6.45, 7) is 6.17. The van der Waals surface area contributed by atoms with E-state index in [4.69, 9.17) is 0 Å². The Balaban J connectivity index is 2.00. The first-order valence-corrected chi connectivity index (χ1v) is 7.06. The SMILES string of the molecule is CC(C)NCc1ccn(Cc2ccccc2Br)c1. The molecule has 0 bridgehead atoms. The van der Waals surface area contributed by atoms with Gasteiger partial charge in [-0.2, -0.15) is 0 Å². The number of hydrogen-bond donors (Lipinski definition) is 1. The van der Waals surface area contributed by atoms with Crippen LogP contribution < -0.4 is 5.32 Å². The Kier molecular flexibility index (Phi) is 4.61. The van der Waals surface area contributed by atoms with Crippen LogP contribution in [0.2, 0.25) is 0 Å². The largest absolute Gasteiger partial charge is 0.350 e. The van der Waals surface area contributed by atoms with Crippen LogP contribution in [-0.2, 0) is 13.1 Å². The molecule has 3 heteroatoms. The van der Waals surface area contributed by atoms with E-state index in [1.807, 2.05) is 6.07 Å². The fourth-order valence-electron chi connectivity index (χ4n) is 1.84. The lowest BCUT2D eigenvalue weighted by molar-refractivity contribution is 0.588. The second-order valence-electron chi connectivity index (χ2n) is 4.82. The Hall–Kier alpha value is -1.06. The van der Waals surface area contributed by atoms with Gasteiger partial charge >= 0.3 is 0 Å². The molecule has 0 radical (unpaired) electrons. The Morgan fingerprint density at radius 3 is 2.72 bits per heavy atom. The van der Waals surface area contributed by atoms with Gasteiger partial charge in [-0.3, -0.25) is 0 Å². The van der Waals surface area contributed by atoms with Crippen molar-refractivity contribution in [3.63, 3.8) is 0 Å². The minimum Gasteiger partial charge on any atom is -0.350 e. The summed E-state index contributed by atoms with van der Waals surface area (Å²) in [5, 5.41) is 3.43. The Labute approximate surface area is 117 Å². The predicted molar refractivity (Wildman–Crippen MR) is 79.7 cm³/mol. The number of benzene rings is 1. The highest BCUT2D eigenvalue weighted by Crippen LogP contribution is 2.17. The van der Waals surface area contributed by atoms with Crippen molar-refractivity contribution in [2.75, 3.05) is 0 Å². The number of aromatic nitrogens is 1. The van der Waals surface area contributed by atoms with Gasteiger partial charge in [-0.05, 0) is 23.3 Å². The first kappa shape index (κ1) is 13.4. The molecular weight excluding hydrogens is 288 g/mol. The zero-order valence-corrected chi connectivity index (χ0v) is 12.4. The topological polar surface area (TPSA) is 17.0 Å². The summed E-state index contributed by atoms with van der Waals surface area (Å²) in [6.07, 6.45) is 4.34. The Morgan fingerprint density at radius 1 is 1.22 bits per heavy atom. The van der Waals surface area contributed by atoms with Crippen LogP contribution in [0.3, 0.4) is 0 Å². The molecule has 1 aromatic carbocycles. The summed E-state index contributed by atoms with van der Waals surface area (Å²) in [4.78, 5) is 0. The van der Waals surface area contributed by atoms with Crippen molar-refractivity contribution in [1.82, 2.24) is 9.88 Å². The van der Waals surface area contributed by atoms with Gasteiger partial charge in [0.15, 0.2) is 0 Å². The second-order valence-corrected chi connectivity index (χ2v) is 5.67. The highest BCUT2D eigenvalue weighted by atomic mass is 79.9. The van der Waals surface area contributed by atoms with Crippen molar-refractivity contribution >= 4 is 15.9 Å². The average Bonchev–Trinajstić information content (AvgIpc) is 2.77. The molecule has 0 saturated carbocycles. The highest BCUT2D eigenvalue weighted by Gasteiger charge is 2.01. The van der Waals surface area contributed by atoms with Gasteiger partial charge in [-0.15, -0.1) is 0 Å². The van der Waals surface area contributed by atoms with Gasteiger partial charge in [0, 0.05) is 36.0 Å².